The Balaban J connectivity index is 2.89. The first kappa shape index (κ1) is 17.2. The van der Waals surface area contributed by atoms with Gasteiger partial charge in [-0.2, -0.15) is 13.2 Å². The van der Waals surface area contributed by atoms with E-state index in [0.717, 1.165) is 6.20 Å². The van der Waals surface area contributed by atoms with E-state index in [1.165, 1.54) is 20.0 Å². The molecule has 21 heavy (non-hydrogen) atoms. The number of hydrogen-bond acceptors (Lipinski definition) is 4. The van der Waals surface area contributed by atoms with Gasteiger partial charge in [-0.3, -0.25) is 4.79 Å². The second kappa shape index (κ2) is 6.73. The highest BCUT2D eigenvalue weighted by Crippen LogP contribution is 2.19. The minimum Gasteiger partial charge on any atom is -0.474 e. The highest BCUT2D eigenvalue weighted by atomic mass is 19.4. The Morgan fingerprint density at radius 2 is 1.86 bits per heavy atom. The van der Waals surface area contributed by atoms with Crippen LogP contribution in [-0.4, -0.2) is 45.6 Å². The van der Waals surface area contributed by atoms with Crippen molar-refractivity contribution in [1.82, 2.24) is 14.9 Å². The molecule has 8 heteroatoms. The van der Waals surface area contributed by atoms with E-state index in [1.807, 2.05) is 0 Å². The van der Waals surface area contributed by atoms with Gasteiger partial charge in [-0.15, -0.1) is 0 Å². The van der Waals surface area contributed by atoms with Crippen LogP contribution in [0.4, 0.5) is 13.2 Å². The molecule has 0 aliphatic heterocycles. The monoisotopic (exact) mass is 305 g/mol. The Kier molecular flexibility index (Phi) is 5.51. The van der Waals surface area contributed by atoms with Crippen LogP contribution in [0.1, 0.15) is 38.2 Å². The van der Waals surface area contributed by atoms with Gasteiger partial charge in [0.25, 0.3) is 5.91 Å². The van der Waals surface area contributed by atoms with Gasteiger partial charge >= 0.3 is 6.18 Å². The lowest BCUT2D eigenvalue weighted by molar-refractivity contribution is -0.143. The number of hydrogen-bond donors (Lipinski definition) is 0. The first-order chi connectivity index (χ1) is 9.60. The van der Waals surface area contributed by atoms with Crippen LogP contribution in [0.25, 0.3) is 0 Å². The molecule has 0 aliphatic rings. The number of halogens is 3. The smallest absolute Gasteiger partial charge is 0.406 e. The zero-order valence-electron chi connectivity index (χ0n) is 12.3. The van der Waals surface area contributed by atoms with Crippen molar-refractivity contribution in [2.24, 2.45) is 0 Å². The molecule has 1 aromatic heterocycles. The molecule has 0 radical (unpaired) electrons. The number of aromatic nitrogens is 2. The molecule has 0 spiro atoms. The van der Waals surface area contributed by atoms with Crippen LogP contribution < -0.4 is 4.74 Å². The molecule has 1 amide bonds. The van der Waals surface area contributed by atoms with Crippen LogP contribution in [0, 0.1) is 0 Å². The van der Waals surface area contributed by atoms with Gasteiger partial charge in [-0.25, -0.2) is 9.97 Å². The Bertz CT molecular complexity index is 473. The third kappa shape index (κ3) is 5.57. The van der Waals surface area contributed by atoms with Crippen molar-refractivity contribution in [1.29, 1.82) is 0 Å². The molecule has 0 atom stereocenters. The predicted octanol–water partition coefficient (Wildman–Crippen LogP) is 2.68. The Labute approximate surface area is 121 Å². The summed E-state index contributed by atoms with van der Waals surface area (Å²) in [6.45, 7) is 5.28. The second-order valence-electron chi connectivity index (χ2n) is 5.05. The van der Waals surface area contributed by atoms with E-state index in [-0.39, 0.29) is 17.7 Å². The van der Waals surface area contributed by atoms with Gasteiger partial charge in [-0.05, 0) is 27.7 Å². The van der Waals surface area contributed by atoms with Crippen molar-refractivity contribution in [2.45, 2.75) is 46.0 Å². The predicted molar refractivity (Wildman–Crippen MR) is 70.0 cm³/mol. The molecule has 0 N–H and O–H groups in total. The zero-order chi connectivity index (χ0) is 16.2. The molecule has 5 nitrogen and oxygen atoms in total. The van der Waals surface area contributed by atoms with Crippen LogP contribution in [0.2, 0.25) is 0 Å². The molecule has 1 rings (SSSR count). The minimum absolute atomic E-state index is 0.113. The standard InChI is InChI=1S/C13H18F3N3O2/c1-8(2)19(7-13(14,15)16)12(20)10-5-18-11(6-17-10)21-9(3)4/h5-6,8-9H,7H2,1-4H3. The maximum absolute atomic E-state index is 12.5. The van der Waals surface area contributed by atoms with E-state index in [1.54, 1.807) is 13.8 Å². The SMILES string of the molecule is CC(C)Oc1cnc(C(=O)N(CC(F)(F)F)C(C)C)cn1. The first-order valence-electron chi connectivity index (χ1n) is 6.46. The Morgan fingerprint density at radius 1 is 1.24 bits per heavy atom. The van der Waals surface area contributed by atoms with Crippen LogP contribution >= 0.6 is 0 Å². The maximum Gasteiger partial charge on any atom is 0.406 e. The highest BCUT2D eigenvalue weighted by molar-refractivity contribution is 5.92. The quantitative estimate of drug-likeness (QED) is 0.839. The van der Waals surface area contributed by atoms with Gasteiger partial charge in [-0.1, -0.05) is 0 Å². The summed E-state index contributed by atoms with van der Waals surface area (Å²) in [6.07, 6.45) is -2.24. The molecule has 0 unspecified atom stereocenters. The van der Waals surface area contributed by atoms with Crippen LogP contribution in [0.5, 0.6) is 5.88 Å². The van der Waals surface area contributed by atoms with E-state index in [9.17, 15) is 18.0 Å². The summed E-state index contributed by atoms with van der Waals surface area (Å²) < 4.78 is 42.8. The van der Waals surface area contributed by atoms with Crippen molar-refractivity contribution in [3.63, 3.8) is 0 Å². The van der Waals surface area contributed by atoms with Crippen molar-refractivity contribution >= 4 is 5.91 Å². The van der Waals surface area contributed by atoms with E-state index < -0.39 is 24.7 Å². The molecule has 0 saturated carbocycles. The fourth-order valence-electron chi connectivity index (χ4n) is 1.56. The number of carbonyl (C=O) groups excluding carboxylic acids is 1. The van der Waals surface area contributed by atoms with Gasteiger partial charge < -0.3 is 9.64 Å². The molecule has 0 saturated heterocycles. The van der Waals surface area contributed by atoms with E-state index in [0.29, 0.717) is 4.90 Å². The summed E-state index contributed by atoms with van der Waals surface area (Å²) in [4.78, 5) is 20.5. The van der Waals surface area contributed by atoms with E-state index in [2.05, 4.69) is 9.97 Å². The second-order valence-corrected chi connectivity index (χ2v) is 5.05. The third-order valence-electron chi connectivity index (χ3n) is 2.44. The lowest BCUT2D eigenvalue weighted by atomic mass is 10.2. The van der Waals surface area contributed by atoms with Gasteiger partial charge in [0.1, 0.15) is 12.2 Å². The van der Waals surface area contributed by atoms with Crippen molar-refractivity contribution in [3.05, 3.63) is 18.1 Å². The lowest BCUT2D eigenvalue weighted by Crippen LogP contribution is -2.43. The molecule has 0 fully saturated rings. The Morgan fingerprint density at radius 3 is 2.24 bits per heavy atom. The normalized spacial score (nSPS) is 11.9. The number of carbonyl (C=O) groups is 1. The van der Waals surface area contributed by atoms with Crippen molar-refractivity contribution < 1.29 is 22.7 Å². The van der Waals surface area contributed by atoms with Gasteiger partial charge in [0.2, 0.25) is 5.88 Å². The summed E-state index contributed by atoms with van der Waals surface area (Å²) in [5.74, 6) is -0.598. The largest absolute Gasteiger partial charge is 0.474 e. The zero-order valence-corrected chi connectivity index (χ0v) is 12.3. The summed E-state index contributed by atoms with van der Waals surface area (Å²) in [5.41, 5.74) is -0.149. The summed E-state index contributed by atoms with van der Waals surface area (Å²) in [7, 11) is 0. The van der Waals surface area contributed by atoms with Crippen molar-refractivity contribution in [2.75, 3.05) is 6.54 Å². The molecule has 0 bridgehead atoms. The molecule has 1 aromatic rings. The minimum atomic E-state index is -4.46. The average molecular weight is 305 g/mol. The number of rotatable bonds is 5. The maximum atomic E-state index is 12.5. The topological polar surface area (TPSA) is 55.3 Å². The van der Waals surface area contributed by atoms with Crippen LogP contribution in [-0.2, 0) is 0 Å². The van der Waals surface area contributed by atoms with Gasteiger partial charge in [0.05, 0.1) is 18.5 Å². The average Bonchev–Trinajstić information content (AvgIpc) is 2.34. The first-order valence-corrected chi connectivity index (χ1v) is 6.46. The summed E-state index contributed by atoms with van der Waals surface area (Å²) in [5, 5.41) is 0. The van der Waals surface area contributed by atoms with E-state index >= 15 is 0 Å². The molecule has 0 aromatic carbocycles. The fourth-order valence-corrected chi connectivity index (χ4v) is 1.56. The van der Waals surface area contributed by atoms with Crippen LogP contribution in [0.15, 0.2) is 12.4 Å². The number of nitrogens with zero attached hydrogens (tertiary/aromatic N) is 3. The van der Waals surface area contributed by atoms with Crippen LogP contribution in [0.3, 0.4) is 0 Å². The van der Waals surface area contributed by atoms with E-state index in [4.69, 9.17) is 4.74 Å². The number of ether oxygens (including phenoxy) is 1. The number of alkyl halides is 3. The van der Waals surface area contributed by atoms with Crippen molar-refractivity contribution in [3.8, 4) is 5.88 Å². The summed E-state index contributed by atoms with van der Waals surface area (Å²) >= 11 is 0. The molecule has 0 aliphatic carbocycles. The Hall–Kier alpha value is -1.86. The third-order valence-corrected chi connectivity index (χ3v) is 2.44. The highest BCUT2D eigenvalue weighted by Gasteiger charge is 2.35. The molecular weight excluding hydrogens is 287 g/mol. The van der Waals surface area contributed by atoms with Gasteiger partial charge in [0.15, 0.2) is 0 Å². The number of amides is 1. The molecule has 1 heterocycles. The summed E-state index contributed by atoms with van der Waals surface area (Å²) in [6, 6.07) is -0.604. The fraction of sp³-hybridized carbons (Fsp3) is 0.615. The van der Waals surface area contributed by atoms with Gasteiger partial charge in [0, 0.05) is 6.04 Å². The molecular formula is C13H18F3N3O2. The lowest BCUT2D eigenvalue weighted by Gasteiger charge is -2.27. The molecule has 118 valence electrons.